The van der Waals surface area contributed by atoms with Crippen molar-refractivity contribution in [3.63, 3.8) is 0 Å². The van der Waals surface area contributed by atoms with Crippen molar-refractivity contribution in [2.45, 2.75) is 52.1 Å². The molecule has 1 saturated heterocycles. The van der Waals surface area contributed by atoms with Crippen LogP contribution in [0.15, 0.2) is 0 Å². The third-order valence-electron chi connectivity index (χ3n) is 4.84. The van der Waals surface area contributed by atoms with Gasteiger partial charge in [-0.15, -0.1) is 0 Å². The number of ether oxygens (including phenoxy) is 1. The van der Waals surface area contributed by atoms with Crippen LogP contribution in [-0.4, -0.2) is 48.3 Å². The highest BCUT2D eigenvalue weighted by Gasteiger charge is 2.40. The normalized spacial score (nSPS) is 36.5. The Labute approximate surface area is 116 Å². The van der Waals surface area contributed by atoms with Crippen LogP contribution in [0.1, 0.15) is 46.0 Å². The van der Waals surface area contributed by atoms with Crippen molar-refractivity contribution < 1.29 is 14.6 Å². The molecule has 3 unspecified atom stereocenters. The number of hydrogen-bond acceptors (Lipinski definition) is 3. The van der Waals surface area contributed by atoms with E-state index in [-0.39, 0.29) is 0 Å². The topological polar surface area (TPSA) is 49.8 Å². The zero-order valence-corrected chi connectivity index (χ0v) is 12.2. The van der Waals surface area contributed by atoms with Crippen LogP contribution < -0.4 is 0 Å². The summed E-state index contributed by atoms with van der Waals surface area (Å²) in [7, 11) is 0. The Kier molecular flexibility index (Phi) is 4.85. The molecule has 1 saturated carbocycles. The molecule has 4 nitrogen and oxygen atoms in total. The molecule has 0 radical (unpaired) electrons. The van der Waals surface area contributed by atoms with Gasteiger partial charge in [0.25, 0.3) is 0 Å². The van der Waals surface area contributed by atoms with Gasteiger partial charge in [0.1, 0.15) is 0 Å². The number of carboxylic acids is 1. The molecule has 0 aromatic carbocycles. The summed E-state index contributed by atoms with van der Waals surface area (Å²) in [5, 5.41) is 9.20. The molecule has 1 aliphatic carbocycles. The maximum Gasteiger partial charge on any atom is 0.310 e. The molecular weight excluding hydrogens is 242 g/mol. The smallest absolute Gasteiger partial charge is 0.310 e. The Bertz CT molecular complexity index is 321. The molecule has 1 heterocycles. The van der Waals surface area contributed by atoms with Crippen LogP contribution in [0.3, 0.4) is 0 Å². The number of likely N-dealkylation sites (tertiary alicyclic amines) is 1. The second-order valence-electron chi connectivity index (χ2n) is 6.56. The highest BCUT2D eigenvalue weighted by molar-refractivity contribution is 5.74. The van der Waals surface area contributed by atoms with Crippen molar-refractivity contribution in [2.75, 3.05) is 26.2 Å². The highest BCUT2D eigenvalue weighted by atomic mass is 16.5. The van der Waals surface area contributed by atoms with E-state index in [0.29, 0.717) is 18.6 Å². The summed E-state index contributed by atoms with van der Waals surface area (Å²) in [4.78, 5) is 13.4. The molecule has 0 aromatic rings. The summed E-state index contributed by atoms with van der Waals surface area (Å²) in [6.45, 7) is 7.27. The van der Waals surface area contributed by atoms with E-state index in [2.05, 4.69) is 11.8 Å². The average Bonchev–Trinajstić information content (AvgIpc) is 2.75. The quantitative estimate of drug-likeness (QED) is 0.832. The zero-order chi connectivity index (χ0) is 13.9. The van der Waals surface area contributed by atoms with Crippen LogP contribution in [-0.2, 0) is 9.53 Å². The van der Waals surface area contributed by atoms with Crippen molar-refractivity contribution in [3.05, 3.63) is 0 Å². The Morgan fingerprint density at radius 2 is 2.16 bits per heavy atom. The number of hydrogen-bond donors (Lipinski definition) is 1. The molecule has 0 spiro atoms. The van der Waals surface area contributed by atoms with Gasteiger partial charge in [0.05, 0.1) is 18.1 Å². The number of carboxylic acid groups (broad SMARTS) is 1. The van der Waals surface area contributed by atoms with Crippen molar-refractivity contribution in [2.24, 2.45) is 11.3 Å². The van der Waals surface area contributed by atoms with E-state index in [0.717, 1.165) is 26.1 Å². The van der Waals surface area contributed by atoms with Crippen LogP contribution in [0.4, 0.5) is 0 Å². The fourth-order valence-electron chi connectivity index (χ4n) is 3.28. The van der Waals surface area contributed by atoms with Crippen LogP contribution in [0.25, 0.3) is 0 Å². The zero-order valence-electron chi connectivity index (χ0n) is 12.2. The number of carbonyl (C=O) groups is 1. The SMILES string of the molecule is CC1CCCCC1OCCN1CCC(C)(C(=O)O)C1. The first-order valence-corrected chi connectivity index (χ1v) is 7.59. The number of aliphatic carboxylic acids is 1. The van der Waals surface area contributed by atoms with E-state index in [9.17, 15) is 9.90 Å². The van der Waals surface area contributed by atoms with Gasteiger partial charge in [0, 0.05) is 13.1 Å². The molecule has 2 rings (SSSR count). The van der Waals surface area contributed by atoms with Gasteiger partial charge in [-0.1, -0.05) is 19.8 Å². The van der Waals surface area contributed by atoms with Crippen molar-refractivity contribution in [3.8, 4) is 0 Å². The number of rotatable bonds is 5. The van der Waals surface area contributed by atoms with Crippen LogP contribution in [0.2, 0.25) is 0 Å². The molecule has 1 N–H and O–H groups in total. The van der Waals surface area contributed by atoms with E-state index >= 15 is 0 Å². The maximum atomic E-state index is 11.2. The summed E-state index contributed by atoms with van der Waals surface area (Å²) in [5.74, 6) is 0.00781. The summed E-state index contributed by atoms with van der Waals surface area (Å²) in [6, 6.07) is 0. The standard InChI is InChI=1S/C15H27NO3/c1-12-5-3-4-6-13(12)19-10-9-16-8-7-15(2,11-16)14(17)18/h12-13H,3-11H2,1-2H3,(H,17,18). The third kappa shape index (κ3) is 3.69. The van der Waals surface area contributed by atoms with Gasteiger partial charge in [-0.25, -0.2) is 0 Å². The predicted octanol–water partition coefficient (Wildman–Crippen LogP) is 2.38. The summed E-state index contributed by atoms with van der Waals surface area (Å²) >= 11 is 0. The molecular formula is C15H27NO3. The predicted molar refractivity (Wildman–Crippen MR) is 74.2 cm³/mol. The lowest BCUT2D eigenvalue weighted by Crippen LogP contribution is -2.34. The van der Waals surface area contributed by atoms with Gasteiger partial charge in [0.2, 0.25) is 0 Å². The van der Waals surface area contributed by atoms with E-state index in [1.54, 1.807) is 0 Å². The van der Waals surface area contributed by atoms with Gasteiger partial charge in [-0.2, -0.15) is 0 Å². The Morgan fingerprint density at radius 1 is 1.42 bits per heavy atom. The van der Waals surface area contributed by atoms with Crippen LogP contribution in [0, 0.1) is 11.3 Å². The van der Waals surface area contributed by atoms with Crippen molar-refractivity contribution in [1.29, 1.82) is 0 Å². The average molecular weight is 269 g/mol. The fraction of sp³-hybridized carbons (Fsp3) is 0.933. The van der Waals surface area contributed by atoms with E-state index in [1.807, 2.05) is 6.92 Å². The van der Waals surface area contributed by atoms with Crippen LogP contribution in [0.5, 0.6) is 0 Å². The maximum absolute atomic E-state index is 11.2. The minimum Gasteiger partial charge on any atom is -0.481 e. The fourth-order valence-corrected chi connectivity index (χ4v) is 3.28. The molecule has 2 fully saturated rings. The minimum atomic E-state index is -0.670. The summed E-state index contributed by atoms with van der Waals surface area (Å²) in [5.41, 5.74) is -0.557. The second kappa shape index (κ2) is 6.23. The Morgan fingerprint density at radius 3 is 2.79 bits per heavy atom. The molecule has 110 valence electrons. The van der Waals surface area contributed by atoms with Gasteiger partial charge in [0.15, 0.2) is 0 Å². The molecule has 0 amide bonds. The first-order valence-electron chi connectivity index (χ1n) is 7.59. The molecule has 3 atom stereocenters. The first-order chi connectivity index (χ1) is 9.01. The molecule has 2 aliphatic rings. The van der Waals surface area contributed by atoms with Gasteiger partial charge >= 0.3 is 5.97 Å². The van der Waals surface area contributed by atoms with Gasteiger partial charge in [-0.05, 0) is 38.6 Å². The van der Waals surface area contributed by atoms with Gasteiger partial charge < -0.3 is 9.84 Å². The molecule has 0 aromatic heterocycles. The van der Waals surface area contributed by atoms with E-state index in [1.165, 1.54) is 25.7 Å². The molecule has 0 bridgehead atoms. The van der Waals surface area contributed by atoms with E-state index in [4.69, 9.17) is 4.74 Å². The minimum absolute atomic E-state index is 0.419. The molecule has 1 aliphatic heterocycles. The largest absolute Gasteiger partial charge is 0.481 e. The van der Waals surface area contributed by atoms with Crippen molar-refractivity contribution >= 4 is 5.97 Å². The summed E-state index contributed by atoms with van der Waals surface area (Å²) < 4.78 is 6.00. The third-order valence-corrected chi connectivity index (χ3v) is 4.84. The van der Waals surface area contributed by atoms with E-state index < -0.39 is 11.4 Å². The monoisotopic (exact) mass is 269 g/mol. The van der Waals surface area contributed by atoms with Crippen molar-refractivity contribution in [1.82, 2.24) is 4.90 Å². The Balaban J connectivity index is 1.68. The first kappa shape index (κ1) is 14.8. The lowest BCUT2D eigenvalue weighted by Gasteiger charge is -2.29. The second-order valence-corrected chi connectivity index (χ2v) is 6.56. The number of nitrogens with zero attached hydrogens (tertiary/aromatic N) is 1. The van der Waals surface area contributed by atoms with Gasteiger partial charge in [-0.3, -0.25) is 9.69 Å². The lowest BCUT2D eigenvalue weighted by molar-refractivity contribution is -0.147. The Hall–Kier alpha value is -0.610. The highest BCUT2D eigenvalue weighted by Crippen LogP contribution is 2.30. The summed E-state index contributed by atoms with van der Waals surface area (Å²) in [6.07, 6.45) is 6.27. The molecule has 4 heteroatoms. The molecule has 19 heavy (non-hydrogen) atoms. The van der Waals surface area contributed by atoms with Crippen LogP contribution >= 0.6 is 0 Å². The lowest BCUT2D eigenvalue weighted by atomic mass is 9.88.